The fraction of sp³-hybridized carbons (Fsp3) is 0.316. The summed E-state index contributed by atoms with van der Waals surface area (Å²) in [7, 11) is 0. The summed E-state index contributed by atoms with van der Waals surface area (Å²) in [5.41, 5.74) is 0.414. The van der Waals surface area contributed by atoms with Gasteiger partial charge in [-0.3, -0.25) is 0 Å². The van der Waals surface area contributed by atoms with Gasteiger partial charge in [0.05, 0.1) is 10.9 Å². The number of carbonyl (C=O) groups excluding carboxylic acids is 1. The van der Waals surface area contributed by atoms with Crippen LogP contribution in [0.15, 0.2) is 48.9 Å². The Bertz CT molecular complexity index is 1010. The highest BCUT2D eigenvalue weighted by molar-refractivity contribution is 6.33. The number of nitrogens with zero attached hydrogens (tertiary/aromatic N) is 3. The molecule has 3 heterocycles. The minimum absolute atomic E-state index is 0.157. The maximum atomic E-state index is 15.3. The van der Waals surface area contributed by atoms with Gasteiger partial charge < -0.3 is 14.0 Å². The van der Waals surface area contributed by atoms with Crippen molar-refractivity contribution in [3.05, 3.63) is 59.6 Å². The van der Waals surface area contributed by atoms with E-state index in [4.69, 9.17) is 21.1 Å². The number of hydrogen-bond acceptors (Lipinski definition) is 5. The summed E-state index contributed by atoms with van der Waals surface area (Å²) < 4.78 is 42.5. The second-order valence-corrected chi connectivity index (χ2v) is 6.78. The number of halogens is 3. The van der Waals surface area contributed by atoms with Crippen LogP contribution in [0.1, 0.15) is 29.9 Å². The average Bonchev–Trinajstić information content (AvgIpc) is 3.22. The van der Waals surface area contributed by atoms with Gasteiger partial charge in [-0.05, 0) is 24.6 Å². The SMILES string of the molecule is CC[C@H]1O[C@@H](n2ccc3c(Cl)ncnc32)C(F)(F)[C@@H]1OC(=O)c1ccccc1. The molecule has 1 aliphatic heterocycles. The first kappa shape index (κ1) is 18.8. The lowest BCUT2D eigenvalue weighted by Gasteiger charge is -2.24. The molecular weight excluding hydrogens is 392 g/mol. The zero-order chi connectivity index (χ0) is 19.9. The van der Waals surface area contributed by atoms with E-state index in [1.54, 1.807) is 31.2 Å². The fourth-order valence-electron chi connectivity index (χ4n) is 3.32. The molecule has 1 fully saturated rings. The molecule has 6 nitrogen and oxygen atoms in total. The van der Waals surface area contributed by atoms with Crippen molar-refractivity contribution in [3.63, 3.8) is 0 Å². The number of alkyl halides is 2. The average molecular weight is 408 g/mol. The first-order valence-electron chi connectivity index (χ1n) is 8.69. The first-order valence-corrected chi connectivity index (χ1v) is 9.07. The molecule has 0 unspecified atom stereocenters. The summed E-state index contributed by atoms with van der Waals surface area (Å²) in [5, 5.41) is 0.588. The Labute approximate surface area is 164 Å². The molecule has 1 saturated heterocycles. The highest BCUT2D eigenvalue weighted by Gasteiger charge is 2.61. The third-order valence-corrected chi connectivity index (χ3v) is 5.01. The molecular formula is C19H16ClF2N3O3. The van der Waals surface area contributed by atoms with Crippen molar-refractivity contribution in [1.29, 1.82) is 0 Å². The van der Waals surface area contributed by atoms with E-state index in [2.05, 4.69) is 9.97 Å². The minimum atomic E-state index is -3.48. The smallest absolute Gasteiger partial charge is 0.338 e. The largest absolute Gasteiger partial charge is 0.449 e. The van der Waals surface area contributed by atoms with E-state index >= 15 is 8.78 Å². The molecule has 3 aromatic rings. The zero-order valence-corrected chi connectivity index (χ0v) is 15.5. The molecule has 28 heavy (non-hydrogen) atoms. The Morgan fingerprint density at radius 2 is 2.04 bits per heavy atom. The van der Waals surface area contributed by atoms with Gasteiger partial charge in [0.2, 0.25) is 6.23 Å². The van der Waals surface area contributed by atoms with E-state index < -0.39 is 30.3 Å². The van der Waals surface area contributed by atoms with Crippen LogP contribution in [0.5, 0.6) is 0 Å². The predicted molar refractivity (Wildman–Crippen MR) is 97.3 cm³/mol. The molecule has 0 aliphatic carbocycles. The standard InChI is InChI=1S/C19H16ClF2N3O3/c1-2-13-14(28-17(26)11-6-4-3-5-7-11)19(21,22)18(27-13)25-9-8-12-15(20)23-10-24-16(12)25/h3-10,13-14,18H,2H2,1H3/t13-,14-,18-/m1/s1. The lowest BCUT2D eigenvalue weighted by molar-refractivity contribution is -0.140. The first-order chi connectivity index (χ1) is 13.4. The van der Waals surface area contributed by atoms with Crippen LogP contribution in [0, 0.1) is 0 Å². The summed E-state index contributed by atoms with van der Waals surface area (Å²) in [5.74, 6) is -4.30. The van der Waals surface area contributed by atoms with Crippen LogP contribution in [0.2, 0.25) is 5.15 Å². The second kappa shape index (κ2) is 7.10. The van der Waals surface area contributed by atoms with Gasteiger partial charge in [-0.2, -0.15) is 8.78 Å². The van der Waals surface area contributed by atoms with E-state index in [0.29, 0.717) is 5.39 Å². The molecule has 0 N–H and O–H groups in total. The quantitative estimate of drug-likeness (QED) is 0.477. The Balaban J connectivity index is 1.67. The molecule has 0 bridgehead atoms. The summed E-state index contributed by atoms with van der Waals surface area (Å²) >= 11 is 6.01. The fourth-order valence-corrected chi connectivity index (χ4v) is 3.51. The van der Waals surface area contributed by atoms with E-state index in [0.717, 1.165) is 0 Å². The van der Waals surface area contributed by atoms with Gasteiger partial charge in [-0.25, -0.2) is 14.8 Å². The molecule has 9 heteroatoms. The monoisotopic (exact) mass is 407 g/mol. The third-order valence-electron chi connectivity index (χ3n) is 4.71. The number of rotatable bonds is 4. The van der Waals surface area contributed by atoms with E-state index in [-0.39, 0.29) is 22.8 Å². The Hall–Kier alpha value is -2.58. The van der Waals surface area contributed by atoms with Crippen LogP contribution in [0.25, 0.3) is 11.0 Å². The maximum absolute atomic E-state index is 15.3. The summed E-state index contributed by atoms with van der Waals surface area (Å²) in [4.78, 5) is 20.2. The van der Waals surface area contributed by atoms with Crippen LogP contribution >= 0.6 is 11.6 Å². The second-order valence-electron chi connectivity index (χ2n) is 6.43. The molecule has 0 spiro atoms. The lowest BCUT2D eigenvalue weighted by atomic mass is 10.1. The van der Waals surface area contributed by atoms with Gasteiger partial charge in [0.25, 0.3) is 0 Å². The maximum Gasteiger partial charge on any atom is 0.338 e. The van der Waals surface area contributed by atoms with Gasteiger partial charge in [0, 0.05) is 6.20 Å². The summed E-state index contributed by atoms with van der Waals surface area (Å²) in [6.45, 7) is 1.69. The number of ether oxygens (including phenoxy) is 2. The molecule has 2 aromatic heterocycles. The number of fused-ring (bicyclic) bond motifs is 1. The molecule has 0 amide bonds. The summed E-state index contributed by atoms with van der Waals surface area (Å²) in [6, 6.07) is 9.55. The van der Waals surface area contributed by atoms with Crippen LogP contribution < -0.4 is 0 Å². The van der Waals surface area contributed by atoms with Crippen LogP contribution in [-0.2, 0) is 9.47 Å². The van der Waals surface area contributed by atoms with Crippen molar-refractivity contribution in [2.45, 2.75) is 37.7 Å². The Kier molecular flexibility index (Phi) is 4.76. The molecule has 0 saturated carbocycles. The number of carbonyl (C=O) groups is 1. The van der Waals surface area contributed by atoms with Crippen molar-refractivity contribution in [2.75, 3.05) is 0 Å². The topological polar surface area (TPSA) is 66.2 Å². The van der Waals surface area contributed by atoms with Crippen LogP contribution in [0.3, 0.4) is 0 Å². The summed E-state index contributed by atoms with van der Waals surface area (Å²) in [6.07, 6.45) is -1.54. The number of aromatic nitrogens is 3. The predicted octanol–water partition coefficient (Wildman–Crippen LogP) is 4.25. The van der Waals surface area contributed by atoms with Crippen molar-refractivity contribution in [2.24, 2.45) is 0 Å². The van der Waals surface area contributed by atoms with Gasteiger partial charge >= 0.3 is 11.9 Å². The highest BCUT2D eigenvalue weighted by atomic mass is 35.5. The molecule has 3 atom stereocenters. The van der Waals surface area contributed by atoms with Gasteiger partial charge in [-0.15, -0.1) is 0 Å². The normalized spacial score (nSPS) is 23.8. The number of hydrogen-bond donors (Lipinski definition) is 0. The molecule has 4 rings (SSSR count). The van der Waals surface area contributed by atoms with E-state index in [1.165, 1.54) is 29.2 Å². The zero-order valence-electron chi connectivity index (χ0n) is 14.8. The van der Waals surface area contributed by atoms with Gasteiger partial charge in [-0.1, -0.05) is 36.7 Å². The van der Waals surface area contributed by atoms with Crippen LogP contribution in [-0.4, -0.2) is 38.6 Å². The van der Waals surface area contributed by atoms with Crippen LogP contribution in [0.4, 0.5) is 8.78 Å². The number of benzene rings is 1. The van der Waals surface area contributed by atoms with Crippen molar-refractivity contribution < 1.29 is 23.0 Å². The Morgan fingerprint density at radius 3 is 2.75 bits per heavy atom. The molecule has 146 valence electrons. The van der Waals surface area contributed by atoms with E-state index in [9.17, 15) is 4.79 Å². The Morgan fingerprint density at radius 1 is 1.29 bits per heavy atom. The van der Waals surface area contributed by atoms with Gasteiger partial charge in [0.15, 0.2) is 6.10 Å². The highest BCUT2D eigenvalue weighted by Crippen LogP contribution is 2.46. The lowest BCUT2D eigenvalue weighted by Crippen LogP contribution is -2.41. The third kappa shape index (κ3) is 3.02. The minimum Gasteiger partial charge on any atom is -0.449 e. The number of esters is 1. The van der Waals surface area contributed by atoms with Gasteiger partial charge in [0.1, 0.15) is 23.2 Å². The molecule has 1 aromatic carbocycles. The van der Waals surface area contributed by atoms with E-state index in [1.807, 2.05) is 0 Å². The van der Waals surface area contributed by atoms with Crippen molar-refractivity contribution >= 4 is 28.6 Å². The van der Waals surface area contributed by atoms with Crippen molar-refractivity contribution in [1.82, 2.24) is 14.5 Å². The van der Waals surface area contributed by atoms with Crippen molar-refractivity contribution in [3.8, 4) is 0 Å². The molecule has 0 radical (unpaired) electrons. The molecule has 1 aliphatic rings.